The van der Waals surface area contributed by atoms with Crippen molar-refractivity contribution in [3.05, 3.63) is 15.0 Å². The molecule has 0 saturated carbocycles. The van der Waals surface area contributed by atoms with E-state index in [0.717, 1.165) is 24.1 Å². The summed E-state index contributed by atoms with van der Waals surface area (Å²) in [5.41, 5.74) is 0.665. The second kappa shape index (κ2) is 5.06. The standard InChI is InChI=1S/C9H15N3O2S/c1-4-5-6-7-8(11(2)3)9(10-15-7)12(13)14/h4-6H2,1-3H3. The van der Waals surface area contributed by atoms with E-state index in [4.69, 9.17) is 0 Å². The molecule has 0 aromatic carbocycles. The molecule has 1 heterocycles. The lowest BCUT2D eigenvalue weighted by molar-refractivity contribution is -0.388. The Morgan fingerprint density at radius 1 is 1.53 bits per heavy atom. The summed E-state index contributed by atoms with van der Waals surface area (Å²) in [5.74, 6) is -0.0175. The van der Waals surface area contributed by atoms with Crippen molar-refractivity contribution in [3.63, 3.8) is 0 Å². The molecule has 0 atom stereocenters. The average molecular weight is 229 g/mol. The highest BCUT2D eigenvalue weighted by Crippen LogP contribution is 2.34. The minimum absolute atomic E-state index is 0.0175. The second-order valence-corrected chi connectivity index (χ2v) is 4.39. The number of nitro groups is 1. The molecule has 0 unspecified atom stereocenters. The smallest absolute Gasteiger partial charge is 0.370 e. The van der Waals surface area contributed by atoms with Crippen LogP contribution >= 0.6 is 11.5 Å². The molecule has 1 aromatic heterocycles. The number of aromatic nitrogens is 1. The van der Waals surface area contributed by atoms with Gasteiger partial charge in [0, 0.05) is 18.5 Å². The summed E-state index contributed by atoms with van der Waals surface area (Å²) in [6, 6.07) is 0. The molecule has 6 heteroatoms. The normalized spacial score (nSPS) is 10.3. The van der Waals surface area contributed by atoms with Crippen molar-refractivity contribution in [2.45, 2.75) is 26.2 Å². The van der Waals surface area contributed by atoms with Gasteiger partial charge in [-0.25, -0.2) is 0 Å². The molecule has 1 rings (SSSR count). The number of anilines is 1. The number of nitrogens with zero attached hydrogens (tertiary/aromatic N) is 3. The Hall–Kier alpha value is -1.17. The highest BCUT2D eigenvalue weighted by molar-refractivity contribution is 7.06. The molecule has 15 heavy (non-hydrogen) atoms. The molecule has 0 N–H and O–H groups in total. The van der Waals surface area contributed by atoms with E-state index in [2.05, 4.69) is 11.3 Å². The van der Waals surface area contributed by atoms with Crippen LogP contribution in [0, 0.1) is 10.1 Å². The molecule has 84 valence electrons. The molecule has 5 nitrogen and oxygen atoms in total. The molecule has 0 aliphatic carbocycles. The topological polar surface area (TPSA) is 59.3 Å². The zero-order valence-corrected chi connectivity index (χ0v) is 10.0. The minimum Gasteiger partial charge on any atom is -0.370 e. The van der Waals surface area contributed by atoms with E-state index in [9.17, 15) is 10.1 Å². The third-order valence-electron chi connectivity index (χ3n) is 2.10. The van der Waals surface area contributed by atoms with Gasteiger partial charge in [0.1, 0.15) is 0 Å². The van der Waals surface area contributed by atoms with Crippen LogP contribution in [0.2, 0.25) is 0 Å². The Morgan fingerprint density at radius 2 is 2.20 bits per heavy atom. The first-order valence-electron chi connectivity index (χ1n) is 4.88. The van der Waals surface area contributed by atoms with E-state index in [-0.39, 0.29) is 5.82 Å². The van der Waals surface area contributed by atoms with E-state index < -0.39 is 4.92 Å². The SMILES string of the molecule is CCCCc1snc([N+](=O)[O-])c1N(C)C. The van der Waals surface area contributed by atoms with Gasteiger partial charge in [0.2, 0.25) is 0 Å². The van der Waals surface area contributed by atoms with Crippen molar-refractivity contribution in [1.29, 1.82) is 0 Å². The van der Waals surface area contributed by atoms with Crippen LogP contribution in [0.1, 0.15) is 24.6 Å². The second-order valence-electron chi connectivity index (χ2n) is 3.53. The third-order valence-corrected chi connectivity index (χ3v) is 2.98. The number of hydrogen-bond donors (Lipinski definition) is 0. The van der Waals surface area contributed by atoms with E-state index in [1.54, 1.807) is 4.90 Å². The highest BCUT2D eigenvalue weighted by atomic mass is 32.1. The van der Waals surface area contributed by atoms with Crippen LogP contribution in [-0.4, -0.2) is 23.4 Å². The zero-order chi connectivity index (χ0) is 11.4. The highest BCUT2D eigenvalue weighted by Gasteiger charge is 2.24. The van der Waals surface area contributed by atoms with Gasteiger partial charge in [-0.15, -0.1) is 0 Å². The van der Waals surface area contributed by atoms with Crippen molar-refractivity contribution in [3.8, 4) is 0 Å². The first kappa shape index (κ1) is 11.9. The number of rotatable bonds is 5. The van der Waals surface area contributed by atoms with Gasteiger partial charge in [-0.05, 0) is 17.8 Å². The molecule has 0 fully saturated rings. The first-order chi connectivity index (χ1) is 7.07. The lowest BCUT2D eigenvalue weighted by Gasteiger charge is -2.10. The van der Waals surface area contributed by atoms with Crippen molar-refractivity contribution in [2.24, 2.45) is 0 Å². The molecular formula is C9H15N3O2S. The summed E-state index contributed by atoms with van der Waals surface area (Å²) < 4.78 is 3.89. The van der Waals surface area contributed by atoms with Gasteiger partial charge in [0.15, 0.2) is 5.69 Å². The van der Waals surface area contributed by atoms with Gasteiger partial charge in [0.25, 0.3) is 0 Å². The summed E-state index contributed by atoms with van der Waals surface area (Å²) in [4.78, 5) is 13.1. The molecule has 0 amide bonds. The fourth-order valence-corrected chi connectivity index (χ4v) is 2.33. The van der Waals surface area contributed by atoms with Gasteiger partial charge in [0.05, 0.1) is 16.4 Å². The van der Waals surface area contributed by atoms with Crippen molar-refractivity contribution >= 4 is 23.0 Å². The summed E-state index contributed by atoms with van der Waals surface area (Å²) in [5, 5.41) is 10.7. The van der Waals surface area contributed by atoms with Crippen LogP contribution in [0.3, 0.4) is 0 Å². The van der Waals surface area contributed by atoms with E-state index in [1.807, 2.05) is 14.1 Å². The Bertz CT molecular complexity index is 349. The molecule has 0 spiro atoms. The molecule has 1 aromatic rings. The Morgan fingerprint density at radius 3 is 2.67 bits per heavy atom. The Kier molecular flexibility index (Phi) is 4.02. The fourth-order valence-electron chi connectivity index (χ4n) is 1.38. The molecule has 0 bridgehead atoms. The molecule has 0 aliphatic heterocycles. The Labute approximate surface area is 93.0 Å². The maximum absolute atomic E-state index is 10.7. The van der Waals surface area contributed by atoms with Gasteiger partial charge >= 0.3 is 5.82 Å². The summed E-state index contributed by atoms with van der Waals surface area (Å²) in [6.07, 6.45) is 2.99. The number of unbranched alkanes of at least 4 members (excludes halogenated alkanes) is 1. The lowest BCUT2D eigenvalue weighted by atomic mass is 10.2. The number of hydrogen-bond acceptors (Lipinski definition) is 5. The molecule has 0 radical (unpaired) electrons. The van der Waals surface area contributed by atoms with Crippen LogP contribution in [0.5, 0.6) is 0 Å². The van der Waals surface area contributed by atoms with Crippen molar-refractivity contribution in [1.82, 2.24) is 4.37 Å². The van der Waals surface area contributed by atoms with Gasteiger partial charge < -0.3 is 15.0 Å². The fraction of sp³-hybridized carbons (Fsp3) is 0.667. The molecule has 0 aliphatic rings. The third kappa shape index (κ3) is 2.65. The predicted octanol–water partition coefficient (Wildman–Crippen LogP) is 2.46. The predicted molar refractivity (Wildman–Crippen MR) is 61.7 cm³/mol. The zero-order valence-electron chi connectivity index (χ0n) is 9.19. The Balaban J connectivity index is 3.01. The van der Waals surface area contributed by atoms with Crippen molar-refractivity contribution < 1.29 is 4.92 Å². The summed E-state index contributed by atoms with van der Waals surface area (Å²) >= 11 is 1.24. The molecular weight excluding hydrogens is 214 g/mol. The van der Waals surface area contributed by atoms with Crippen LogP contribution in [0.4, 0.5) is 11.5 Å². The van der Waals surface area contributed by atoms with Gasteiger partial charge in [-0.1, -0.05) is 13.3 Å². The molecule has 0 saturated heterocycles. The monoisotopic (exact) mass is 229 g/mol. The van der Waals surface area contributed by atoms with E-state index in [0.29, 0.717) is 5.69 Å². The minimum atomic E-state index is -0.415. The van der Waals surface area contributed by atoms with Gasteiger partial charge in [-0.3, -0.25) is 0 Å². The van der Waals surface area contributed by atoms with E-state index in [1.165, 1.54) is 11.5 Å². The largest absolute Gasteiger partial charge is 0.402 e. The maximum Gasteiger partial charge on any atom is 0.402 e. The van der Waals surface area contributed by atoms with Gasteiger partial charge in [-0.2, -0.15) is 0 Å². The lowest BCUT2D eigenvalue weighted by Crippen LogP contribution is -2.11. The van der Waals surface area contributed by atoms with Crippen LogP contribution in [0.15, 0.2) is 0 Å². The first-order valence-corrected chi connectivity index (χ1v) is 5.65. The van der Waals surface area contributed by atoms with Crippen molar-refractivity contribution in [2.75, 3.05) is 19.0 Å². The maximum atomic E-state index is 10.7. The van der Waals surface area contributed by atoms with E-state index >= 15 is 0 Å². The summed E-state index contributed by atoms with van der Waals surface area (Å²) in [7, 11) is 3.62. The average Bonchev–Trinajstić information content (AvgIpc) is 2.58. The summed E-state index contributed by atoms with van der Waals surface area (Å²) in [6.45, 7) is 2.10. The quantitative estimate of drug-likeness (QED) is 0.575. The van der Waals surface area contributed by atoms with Crippen LogP contribution in [0.25, 0.3) is 0 Å². The van der Waals surface area contributed by atoms with Crippen LogP contribution in [-0.2, 0) is 6.42 Å². The number of aryl methyl sites for hydroxylation is 1. The van der Waals surface area contributed by atoms with Crippen LogP contribution < -0.4 is 4.90 Å².